The van der Waals surface area contributed by atoms with Gasteiger partial charge in [0.05, 0.1) is 6.54 Å². The Morgan fingerprint density at radius 2 is 1.78 bits per heavy atom. The summed E-state index contributed by atoms with van der Waals surface area (Å²) in [6.45, 7) is 6.92. The van der Waals surface area contributed by atoms with Gasteiger partial charge in [-0.05, 0) is 45.8 Å². The Labute approximate surface area is 114 Å². The first-order chi connectivity index (χ1) is 8.66. The molecule has 0 bridgehead atoms. The zero-order valence-electron chi connectivity index (χ0n) is 11.5. The van der Waals surface area contributed by atoms with Crippen LogP contribution in [0.5, 0.6) is 0 Å². The van der Waals surface area contributed by atoms with Crippen molar-refractivity contribution < 1.29 is 4.79 Å². The van der Waals surface area contributed by atoms with Crippen molar-refractivity contribution in [2.75, 3.05) is 19.6 Å². The van der Waals surface area contributed by atoms with Gasteiger partial charge in [0.2, 0.25) is 0 Å². The highest BCUT2D eigenvalue weighted by atomic mass is 32.1. The number of Topliss-reactive ketones (excluding diaryl/α,β-unsaturated/α-hetero) is 1. The van der Waals surface area contributed by atoms with Gasteiger partial charge in [-0.1, -0.05) is 19.3 Å². The predicted molar refractivity (Wildman–Crippen MR) is 77.6 cm³/mol. The maximum absolute atomic E-state index is 12.3. The van der Waals surface area contributed by atoms with Crippen LogP contribution in [-0.2, 0) is 0 Å². The van der Waals surface area contributed by atoms with E-state index < -0.39 is 0 Å². The molecule has 2 nitrogen and oxygen atoms in total. The van der Waals surface area contributed by atoms with E-state index in [0.29, 0.717) is 12.3 Å². The molecular weight excluding hydrogens is 242 g/mol. The molecule has 0 N–H and O–H groups in total. The third kappa shape index (κ3) is 3.66. The molecule has 0 aliphatic carbocycles. The maximum Gasteiger partial charge on any atom is 0.177 e. The van der Waals surface area contributed by atoms with E-state index in [9.17, 15) is 4.79 Å². The SMILES string of the molecule is Cc1cc(C(=O)CN2CCCCCCC2)c(C)s1. The summed E-state index contributed by atoms with van der Waals surface area (Å²) >= 11 is 1.73. The van der Waals surface area contributed by atoms with E-state index in [4.69, 9.17) is 0 Å². The standard InChI is InChI=1S/C15H23NOS/c1-12-10-14(13(2)18-12)15(17)11-16-8-6-4-3-5-7-9-16/h10H,3-9,11H2,1-2H3. The summed E-state index contributed by atoms with van der Waals surface area (Å²) in [6, 6.07) is 2.05. The van der Waals surface area contributed by atoms with E-state index in [-0.39, 0.29) is 0 Å². The first-order valence-corrected chi connectivity index (χ1v) is 7.81. The van der Waals surface area contributed by atoms with Crippen LogP contribution in [0.3, 0.4) is 0 Å². The molecule has 1 aromatic rings. The Morgan fingerprint density at radius 3 is 2.33 bits per heavy atom. The van der Waals surface area contributed by atoms with Gasteiger partial charge in [-0.25, -0.2) is 0 Å². The molecule has 3 heteroatoms. The van der Waals surface area contributed by atoms with Gasteiger partial charge in [0.15, 0.2) is 5.78 Å². The van der Waals surface area contributed by atoms with E-state index in [0.717, 1.165) is 18.7 Å². The molecule has 0 spiro atoms. The molecule has 0 saturated carbocycles. The van der Waals surface area contributed by atoms with Crippen LogP contribution in [0, 0.1) is 13.8 Å². The minimum absolute atomic E-state index is 0.303. The van der Waals surface area contributed by atoms with E-state index in [1.54, 1.807) is 11.3 Å². The van der Waals surface area contributed by atoms with Crippen molar-refractivity contribution in [3.63, 3.8) is 0 Å². The molecule has 100 valence electrons. The van der Waals surface area contributed by atoms with Crippen molar-refractivity contribution in [2.45, 2.75) is 46.0 Å². The second-order valence-electron chi connectivity index (χ2n) is 5.29. The average molecular weight is 265 g/mol. The first-order valence-electron chi connectivity index (χ1n) is 6.99. The molecule has 1 fully saturated rings. The van der Waals surface area contributed by atoms with Gasteiger partial charge in [0, 0.05) is 15.3 Å². The summed E-state index contributed by atoms with van der Waals surface area (Å²) in [5.41, 5.74) is 0.944. The lowest BCUT2D eigenvalue weighted by molar-refractivity contribution is 0.0924. The fourth-order valence-corrected chi connectivity index (χ4v) is 3.61. The van der Waals surface area contributed by atoms with Crippen LogP contribution >= 0.6 is 11.3 Å². The minimum atomic E-state index is 0.303. The molecule has 18 heavy (non-hydrogen) atoms. The van der Waals surface area contributed by atoms with Crippen molar-refractivity contribution in [2.24, 2.45) is 0 Å². The summed E-state index contributed by atoms with van der Waals surface area (Å²) in [5.74, 6) is 0.303. The topological polar surface area (TPSA) is 20.3 Å². The van der Waals surface area contributed by atoms with Crippen LogP contribution in [-0.4, -0.2) is 30.3 Å². The van der Waals surface area contributed by atoms with Crippen LogP contribution in [0.4, 0.5) is 0 Å². The van der Waals surface area contributed by atoms with Crippen molar-refractivity contribution in [1.29, 1.82) is 0 Å². The summed E-state index contributed by atoms with van der Waals surface area (Å²) < 4.78 is 0. The minimum Gasteiger partial charge on any atom is -0.296 e. The molecule has 2 heterocycles. The molecule has 0 unspecified atom stereocenters. The number of nitrogens with zero attached hydrogens (tertiary/aromatic N) is 1. The smallest absolute Gasteiger partial charge is 0.177 e. The Balaban J connectivity index is 1.95. The van der Waals surface area contributed by atoms with Gasteiger partial charge in [-0.2, -0.15) is 0 Å². The lowest BCUT2D eigenvalue weighted by atomic mass is 10.1. The number of carbonyl (C=O) groups is 1. The number of carbonyl (C=O) groups excluding carboxylic acids is 1. The number of likely N-dealkylation sites (tertiary alicyclic amines) is 1. The summed E-state index contributed by atoms with van der Waals surface area (Å²) in [6.07, 6.45) is 6.50. The van der Waals surface area contributed by atoms with Gasteiger partial charge in [0.1, 0.15) is 0 Å². The number of aryl methyl sites for hydroxylation is 2. The van der Waals surface area contributed by atoms with Crippen LogP contribution in [0.1, 0.15) is 52.2 Å². The monoisotopic (exact) mass is 265 g/mol. The van der Waals surface area contributed by atoms with Gasteiger partial charge >= 0.3 is 0 Å². The fourth-order valence-electron chi connectivity index (χ4n) is 2.67. The van der Waals surface area contributed by atoms with Gasteiger partial charge in [-0.15, -0.1) is 11.3 Å². The zero-order valence-corrected chi connectivity index (χ0v) is 12.3. The van der Waals surface area contributed by atoms with E-state index in [1.807, 2.05) is 6.07 Å². The van der Waals surface area contributed by atoms with Crippen molar-refractivity contribution in [3.05, 3.63) is 21.4 Å². The average Bonchev–Trinajstić information content (AvgIpc) is 2.61. The van der Waals surface area contributed by atoms with Crippen LogP contribution in [0.2, 0.25) is 0 Å². The summed E-state index contributed by atoms with van der Waals surface area (Å²) in [7, 11) is 0. The molecular formula is C15H23NOS. The molecule has 1 aliphatic heterocycles. The van der Waals surface area contributed by atoms with Crippen molar-refractivity contribution >= 4 is 17.1 Å². The van der Waals surface area contributed by atoms with Crippen molar-refractivity contribution in [1.82, 2.24) is 4.90 Å². The Morgan fingerprint density at radius 1 is 1.17 bits per heavy atom. The summed E-state index contributed by atoms with van der Waals surface area (Å²) in [5, 5.41) is 0. The van der Waals surface area contributed by atoms with Crippen LogP contribution in [0.15, 0.2) is 6.07 Å². The lowest BCUT2D eigenvalue weighted by Gasteiger charge is -2.23. The predicted octanol–water partition coefficient (Wildman–Crippen LogP) is 3.81. The lowest BCUT2D eigenvalue weighted by Crippen LogP contribution is -2.32. The quantitative estimate of drug-likeness (QED) is 0.775. The van der Waals surface area contributed by atoms with Crippen molar-refractivity contribution in [3.8, 4) is 0 Å². The Bertz CT molecular complexity index is 403. The number of rotatable bonds is 3. The molecule has 0 radical (unpaired) electrons. The molecule has 1 saturated heterocycles. The normalized spacial score (nSPS) is 18.3. The maximum atomic E-state index is 12.3. The number of hydrogen-bond acceptors (Lipinski definition) is 3. The Kier molecular flexibility index (Phi) is 4.95. The second-order valence-corrected chi connectivity index (χ2v) is 6.75. The van der Waals surface area contributed by atoms with E-state index in [2.05, 4.69) is 18.7 Å². The number of ketones is 1. The zero-order chi connectivity index (χ0) is 13.0. The largest absolute Gasteiger partial charge is 0.296 e. The van der Waals surface area contributed by atoms with Gasteiger partial charge in [-0.3, -0.25) is 9.69 Å². The second kappa shape index (κ2) is 6.48. The van der Waals surface area contributed by atoms with Crippen LogP contribution in [0.25, 0.3) is 0 Å². The molecule has 1 aliphatic rings. The number of thiophene rings is 1. The molecule has 2 rings (SSSR count). The highest BCUT2D eigenvalue weighted by Gasteiger charge is 2.16. The Hall–Kier alpha value is -0.670. The number of hydrogen-bond donors (Lipinski definition) is 0. The van der Waals surface area contributed by atoms with E-state index in [1.165, 1.54) is 41.9 Å². The molecule has 0 amide bonds. The fraction of sp³-hybridized carbons (Fsp3) is 0.667. The third-order valence-electron chi connectivity index (χ3n) is 3.66. The molecule has 1 aromatic heterocycles. The molecule has 0 atom stereocenters. The first kappa shape index (κ1) is 13.8. The highest BCUT2D eigenvalue weighted by Crippen LogP contribution is 2.21. The van der Waals surface area contributed by atoms with Crippen LogP contribution < -0.4 is 0 Å². The van der Waals surface area contributed by atoms with Gasteiger partial charge in [0.25, 0.3) is 0 Å². The molecule has 0 aromatic carbocycles. The van der Waals surface area contributed by atoms with Gasteiger partial charge < -0.3 is 0 Å². The third-order valence-corrected chi connectivity index (χ3v) is 4.62. The highest BCUT2D eigenvalue weighted by molar-refractivity contribution is 7.12. The van der Waals surface area contributed by atoms with E-state index >= 15 is 0 Å². The summed E-state index contributed by atoms with van der Waals surface area (Å²) in [4.78, 5) is 17.1.